The average molecular weight is 234 g/mol. The van der Waals surface area contributed by atoms with Crippen LogP contribution in [0, 0.1) is 11.3 Å². The molecule has 0 aliphatic carbocycles. The Bertz CT molecular complexity index is 397. The number of hydrogen-bond acceptors (Lipinski definition) is 6. The lowest BCUT2D eigenvalue weighted by atomic mass is 10.3. The topological polar surface area (TPSA) is 87.9 Å². The van der Waals surface area contributed by atoms with Gasteiger partial charge in [0.2, 0.25) is 0 Å². The maximum absolute atomic E-state index is 11.0. The van der Waals surface area contributed by atoms with E-state index in [4.69, 9.17) is 10.00 Å². The standard InChI is InChI=1S/C11H14N4O2/c1-2-17-11(16)4-3-7-13-10-6-5-9(8-12)14-15-10/h5-6H,2-4,7H2,1H3,(H,13,15). The fourth-order valence-electron chi connectivity index (χ4n) is 1.17. The molecule has 0 radical (unpaired) electrons. The summed E-state index contributed by atoms with van der Waals surface area (Å²) in [5, 5.41) is 19.0. The van der Waals surface area contributed by atoms with Crippen LogP contribution >= 0.6 is 0 Å². The molecule has 0 saturated carbocycles. The first kappa shape index (κ1) is 12.9. The van der Waals surface area contributed by atoms with Crippen LogP contribution in [-0.4, -0.2) is 29.3 Å². The first-order valence-electron chi connectivity index (χ1n) is 5.39. The Kier molecular flexibility index (Phi) is 5.44. The zero-order valence-electron chi connectivity index (χ0n) is 9.64. The minimum atomic E-state index is -0.194. The van der Waals surface area contributed by atoms with Crippen molar-refractivity contribution in [1.82, 2.24) is 10.2 Å². The summed E-state index contributed by atoms with van der Waals surface area (Å²) in [5.41, 5.74) is 0.280. The quantitative estimate of drug-likeness (QED) is 0.585. The van der Waals surface area contributed by atoms with Crippen molar-refractivity contribution in [1.29, 1.82) is 5.26 Å². The second-order valence-corrected chi connectivity index (χ2v) is 3.25. The number of nitriles is 1. The Balaban J connectivity index is 2.22. The number of carbonyl (C=O) groups is 1. The van der Waals surface area contributed by atoms with Crippen LogP contribution in [0.25, 0.3) is 0 Å². The highest BCUT2D eigenvalue weighted by Crippen LogP contribution is 2.02. The van der Waals surface area contributed by atoms with Crippen LogP contribution < -0.4 is 5.32 Å². The van der Waals surface area contributed by atoms with Crippen molar-refractivity contribution in [2.24, 2.45) is 0 Å². The number of rotatable bonds is 6. The molecule has 1 heterocycles. The van der Waals surface area contributed by atoms with E-state index in [0.29, 0.717) is 31.8 Å². The van der Waals surface area contributed by atoms with Crippen molar-refractivity contribution in [3.05, 3.63) is 17.8 Å². The van der Waals surface area contributed by atoms with Crippen LogP contribution in [0.1, 0.15) is 25.5 Å². The molecule has 0 atom stereocenters. The lowest BCUT2D eigenvalue weighted by molar-refractivity contribution is -0.143. The predicted molar refractivity (Wildman–Crippen MR) is 61.1 cm³/mol. The number of hydrogen-bond donors (Lipinski definition) is 1. The molecule has 0 unspecified atom stereocenters. The molecule has 90 valence electrons. The number of nitrogens with zero attached hydrogens (tertiary/aromatic N) is 3. The fraction of sp³-hybridized carbons (Fsp3) is 0.455. The Morgan fingerprint density at radius 2 is 2.35 bits per heavy atom. The molecular formula is C11H14N4O2. The van der Waals surface area contributed by atoms with Crippen molar-refractivity contribution in [3.63, 3.8) is 0 Å². The molecule has 0 aromatic carbocycles. The normalized spacial score (nSPS) is 9.41. The van der Waals surface area contributed by atoms with Crippen molar-refractivity contribution < 1.29 is 9.53 Å². The van der Waals surface area contributed by atoms with Gasteiger partial charge in [-0.15, -0.1) is 10.2 Å². The molecule has 0 aliphatic heterocycles. The van der Waals surface area contributed by atoms with Gasteiger partial charge < -0.3 is 10.1 Å². The van der Waals surface area contributed by atoms with Gasteiger partial charge in [-0.25, -0.2) is 0 Å². The van der Waals surface area contributed by atoms with Gasteiger partial charge in [0.1, 0.15) is 11.9 Å². The molecule has 6 heteroatoms. The molecule has 1 aromatic rings. The molecule has 1 aromatic heterocycles. The Hall–Kier alpha value is -2.16. The van der Waals surface area contributed by atoms with E-state index in [1.165, 1.54) is 0 Å². The highest BCUT2D eigenvalue weighted by Gasteiger charge is 2.01. The first-order chi connectivity index (χ1) is 8.26. The molecule has 1 rings (SSSR count). The Morgan fingerprint density at radius 1 is 1.53 bits per heavy atom. The van der Waals surface area contributed by atoms with E-state index in [0.717, 1.165) is 0 Å². The van der Waals surface area contributed by atoms with Gasteiger partial charge in [-0.3, -0.25) is 4.79 Å². The third-order valence-corrected chi connectivity index (χ3v) is 1.95. The summed E-state index contributed by atoms with van der Waals surface area (Å²) in [6.07, 6.45) is 1.05. The van der Waals surface area contributed by atoms with Crippen LogP contribution in [0.3, 0.4) is 0 Å². The van der Waals surface area contributed by atoms with Gasteiger partial charge >= 0.3 is 5.97 Å². The van der Waals surface area contributed by atoms with Gasteiger partial charge in [0.15, 0.2) is 5.69 Å². The predicted octanol–water partition coefficient (Wildman–Crippen LogP) is 1.10. The second kappa shape index (κ2) is 7.17. The van der Waals surface area contributed by atoms with Gasteiger partial charge in [-0.1, -0.05) is 0 Å². The van der Waals surface area contributed by atoms with E-state index in [9.17, 15) is 4.79 Å². The third kappa shape index (κ3) is 4.93. The largest absolute Gasteiger partial charge is 0.466 e. The number of esters is 1. The molecule has 6 nitrogen and oxygen atoms in total. The molecular weight excluding hydrogens is 220 g/mol. The van der Waals surface area contributed by atoms with Crippen molar-refractivity contribution >= 4 is 11.8 Å². The number of carbonyl (C=O) groups excluding carboxylic acids is 1. The lowest BCUT2D eigenvalue weighted by Gasteiger charge is -2.04. The summed E-state index contributed by atoms with van der Waals surface area (Å²) in [6, 6.07) is 5.15. The van der Waals surface area contributed by atoms with Crippen molar-refractivity contribution in [3.8, 4) is 6.07 Å². The molecule has 0 bridgehead atoms. The van der Waals surface area contributed by atoms with Gasteiger partial charge in [0, 0.05) is 13.0 Å². The zero-order chi connectivity index (χ0) is 12.5. The molecule has 0 amide bonds. The Morgan fingerprint density at radius 3 is 2.94 bits per heavy atom. The van der Waals surface area contributed by atoms with E-state index in [-0.39, 0.29) is 11.7 Å². The summed E-state index contributed by atoms with van der Waals surface area (Å²) in [7, 11) is 0. The van der Waals surface area contributed by atoms with Gasteiger partial charge in [-0.05, 0) is 25.5 Å². The maximum Gasteiger partial charge on any atom is 0.305 e. The summed E-state index contributed by atoms with van der Waals surface area (Å²) in [5.74, 6) is 0.396. The average Bonchev–Trinajstić information content (AvgIpc) is 2.36. The molecule has 0 spiro atoms. The van der Waals surface area contributed by atoms with E-state index >= 15 is 0 Å². The second-order valence-electron chi connectivity index (χ2n) is 3.25. The molecule has 0 aliphatic rings. The van der Waals surface area contributed by atoms with Crippen LogP contribution in [0.4, 0.5) is 5.82 Å². The minimum Gasteiger partial charge on any atom is -0.466 e. The van der Waals surface area contributed by atoms with Crippen LogP contribution in [0.15, 0.2) is 12.1 Å². The lowest BCUT2D eigenvalue weighted by Crippen LogP contribution is -2.09. The third-order valence-electron chi connectivity index (χ3n) is 1.95. The highest BCUT2D eigenvalue weighted by molar-refractivity contribution is 5.69. The molecule has 0 fully saturated rings. The van der Waals surface area contributed by atoms with Crippen LogP contribution in [-0.2, 0) is 9.53 Å². The van der Waals surface area contributed by atoms with Crippen molar-refractivity contribution in [2.75, 3.05) is 18.5 Å². The van der Waals surface area contributed by atoms with E-state index in [2.05, 4.69) is 15.5 Å². The van der Waals surface area contributed by atoms with Crippen LogP contribution in [0.5, 0.6) is 0 Å². The van der Waals surface area contributed by atoms with Gasteiger partial charge in [0.25, 0.3) is 0 Å². The van der Waals surface area contributed by atoms with Gasteiger partial charge in [-0.2, -0.15) is 5.26 Å². The summed E-state index contributed by atoms with van der Waals surface area (Å²) >= 11 is 0. The molecule has 17 heavy (non-hydrogen) atoms. The monoisotopic (exact) mass is 234 g/mol. The fourth-order valence-corrected chi connectivity index (χ4v) is 1.17. The number of aromatic nitrogens is 2. The van der Waals surface area contributed by atoms with Crippen molar-refractivity contribution in [2.45, 2.75) is 19.8 Å². The summed E-state index contributed by atoms with van der Waals surface area (Å²) in [6.45, 7) is 2.80. The summed E-state index contributed by atoms with van der Waals surface area (Å²) in [4.78, 5) is 11.0. The van der Waals surface area contributed by atoms with E-state index < -0.39 is 0 Å². The van der Waals surface area contributed by atoms with E-state index in [1.807, 2.05) is 6.07 Å². The smallest absolute Gasteiger partial charge is 0.305 e. The number of nitrogens with one attached hydrogen (secondary N) is 1. The maximum atomic E-state index is 11.0. The highest BCUT2D eigenvalue weighted by atomic mass is 16.5. The summed E-state index contributed by atoms with van der Waals surface area (Å²) < 4.78 is 4.79. The number of ether oxygens (including phenoxy) is 1. The number of anilines is 1. The van der Waals surface area contributed by atoms with E-state index in [1.54, 1.807) is 19.1 Å². The Labute approximate surface area is 99.6 Å². The van der Waals surface area contributed by atoms with Gasteiger partial charge in [0.05, 0.1) is 6.61 Å². The first-order valence-corrected chi connectivity index (χ1v) is 5.39. The van der Waals surface area contributed by atoms with Crippen LogP contribution in [0.2, 0.25) is 0 Å². The molecule has 1 N–H and O–H groups in total. The molecule has 0 saturated heterocycles. The zero-order valence-corrected chi connectivity index (χ0v) is 9.64. The minimum absolute atomic E-state index is 0.194. The SMILES string of the molecule is CCOC(=O)CCCNc1ccc(C#N)nn1.